The number of nitrogens with zero attached hydrogens (tertiary/aromatic N) is 1. The Morgan fingerprint density at radius 3 is 2.52 bits per heavy atom. The maximum absolute atomic E-state index is 13.3. The van der Waals surface area contributed by atoms with Gasteiger partial charge >= 0.3 is 0 Å². The Labute approximate surface area is 124 Å². The molecule has 0 saturated heterocycles. The SMILES string of the molecule is O=c1cc(-c2cc(F)ccc2O)[nH]n1-c1ccc(Cl)cc1. The summed E-state index contributed by atoms with van der Waals surface area (Å²) in [5.74, 6) is -0.608. The first-order valence-electron chi connectivity index (χ1n) is 6.11. The molecule has 3 aromatic rings. The summed E-state index contributed by atoms with van der Waals surface area (Å²) < 4.78 is 14.6. The summed E-state index contributed by atoms with van der Waals surface area (Å²) in [4.78, 5) is 12.0. The predicted molar refractivity (Wildman–Crippen MR) is 78.5 cm³/mol. The van der Waals surface area contributed by atoms with Gasteiger partial charge in [-0.2, -0.15) is 0 Å². The standard InChI is InChI=1S/C15H10ClFN2O2/c16-9-1-4-11(5-2-9)19-15(21)8-13(18-19)12-7-10(17)3-6-14(12)20/h1-8,18,20H. The average molecular weight is 305 g/mol. The summed E-state index contributed by atoms with van der Waals surface area (Å²) in [6.07, 6.45) is 0. The third-order valence-corrected chi connectivity index (χ3v) is 3.31. The summed E-state index contributed by atoms with van der Waals surface area (Å²) in [5.41, 5.74) is 0.814. The Morgan fingerprint density at radius 1 is 1.10 bits per heavy atom. The van der Waals surface area contributed by atoms with E-state index in [0.717, 1.165) is 12.1 Å². The minimum Gasteiger partial charge on any atom is -0.507 e. The summed E-state index contributed by atoms with van der Waals surface area (Å²) >= 11 is 5.81. The third-order valence-electron chi connectivity index (χ3n) is 3.05. The average Bonchev–Trinajstić information content (AvgIpc) is 2.84. The fourth-order valence-corrected chi connectivity index (χ4v) is 2.17. The molecule has 4 nitrogen and oxygen atoms in total. The highest BCUT2D eigenvalue weighted by atomic mass is 35.5. The highest BCUT2D eigenvalue weighted by Crippen LogP contribution is 2.27. The molecule has 0 bridgehead atoms. The Balaban J connectivity index is 2.11. The van der Waals surface area contributed by atoms with Gasteiger partial charge in [0.25, 0.3) is 5.56 Å². The lowest BCUT2D eigenvalue weighted by atomic mass is 10.1. The fourth-order valence-electron chi connectivity index (χ4n) is 2.04. The van der Waals surface area contributed by atoms with Crippen molar-refractivity contribution in [2.45, 2.75) is 0 Å². The van der Waals surface area contributed by atoms with Gasteiger partial charge in [-0.1, -0.05) is 11.6 Å². The summed E-state index contributed by atoms with van der Waals surface area (Å²) in [7, 11) is 0. The van der Waals surface area contributed by atoms with Crippen LogP contribution in [0.25, 0.3) is 16.9 Å². The van der Waals surface area contributed by atoms with Crippen LogP contribution in [0.15, 0.2) is 53.3 Å². The summed E-state index contributed by atoms with van der Waals surface area (Å²) in [6.45, 7) is 0. The highest BCUT2D eigenvalue weighted by molar-refractivity contribution is 6.30. The van der Waals surface area contributed by atoms with Gasteiger partial charge in [0.05, 0.1) is 11.4 Å². The maximum Gasteiger partial charge on any atom is 0.271 e. The van der Waals surface area contributed by atoms with E-state index in [1.165, 1.54) is 16.8 Å². The molecule has 0 amide bonds. The molecule has 0 saturated carbocycles. The van der Waals surface area contributed by atoms with Crippen LogP contribution >= 0.6 is 11.6 Å². The Kier molecular flexibility index (Phi) is 3.27. The molecule has 6 heteroatoms. The molecular formula is C15H10ClFN2O2. The zero-order valence-electron chi connectivity index (χ0n) is 10.7. The van der Waals surface area contributed by atoms with Crippen molar-refractivity contribution < 1.29 is 9.50 Å². The molecule has 0 unspecified atom stereocenters. The molecule has 0 aliphatic heterocycles. The van der Waals surface area contributed by atoms with E-state index >= 15 is 0 Å². The number of rotatable bonds is 2. The van der Waals surface area contributed by atoms with Crippen LogP contribution in [-0.4, -0.2) is 14.9 Å². The first-order chi connectivity index (χ1) is 10.0. The number of phenols is 1. The van der Waals surface area contributed by atoms with Crippen molar-refractivity contribution in [1.29, 1.82) is 0 Å². The Bertz CT molecular complexity index is 853. The molecule has 0 aliphatic carbocycles. The molecule has 2 aromatic carbocycles. The lowest BCUT2D eigenvalue weighted by molar-refractivity contribution is 0.475. The molecular weight excluding hydrogens is 295 g/mol. The van der Waals surface area contributed by atoms with E-state index in [1.54, 1.807) is 24.3 Å². The molecule has 1 heterocycles. The number of phenolic OH excluding ortho intramolecular Hbond substituents is 1. The van der Waals surface area contributed by atoms with Crippen LogP contribution in [0.4, 0.5) is 4.39 Å². The van der Waals surface area contributed by atoms with E-state index < -0.39 is 5.82 Å². The molecule has 0 fully saturated rings. The van der Waals surface area contributed by atoms with Crippen LogP contribution in [0.5, 0.6) is 5.75 Å². The van der Waals surface area contributed by atoms with Gasteiger partial charge in [-0.05, 0) is 42.5 Å². The summed E-state index contributed by atoms with van der Waals surface area (Å²) in [5, 5.41) is 13.2. The second-order valence-corrected chi connectivity index (χ2v) is 4.92. The first-order valence-corrected chi connectivity index (χ1v) is 6.49. The smallest absolute Gasteiger partial charge is 0.271 e. The van der Waals surface area contributed by atoms with Gasteiger partial charge in [0.1, 0.15) is 11.6 Å². The molecule has 106 valence electrons. The van der Waals surface area contributed by atoms with E-state index in [9.17, 15) is 14.3 Å². The third kappa shape index (κ3) is 2.55. The molecule has 2 N–H and O–H groups in total. The van der Waals surface area contributed by atoms with Crippen molar-refractivity contribution in [3.05, 3.63) is 69.7 Å². The Morgan fingerprint density at radius 2 is 1.81 bits per heavy atom. The molecule has 0 spiro atoms. The van der Waals surface area contributed by atoms with Gasteiger partial charge in [-0.3, -0.25) is 9.89 Å². The minimum absolute atomic E-state index is 0.110. The molecule has 3 rings (SSSR count). The van der Waals surface area contributed by atoms with Crippen LogP contribution in [0.3, 0.4) is 0 Å². The number of hydrogen-bond acceptors (Lipinski definition) is 2. The second kappa shape index (κ2) is 5.10. The van der Waals surface area contributed by atoms with Gasteiger partial charge in [-0.25, -0.2) is 9.07 Å². The van der Waals surface area contributed by atoms with Gasteiger partial charge in [0, 0.05) is 16.7 Å². The quantitative estimate of drug-likeness (QED) is 0.763. The highest BCUT2D eigenvalue weighted by Gasteiger charge is 2.11. The van der Waals surface area contributed by atoms with Crippen molar-refractivity contribution in [2.75, 3.05) is 0 Å². The number of hydrogen-bond donors (Lipinski definition) is 2. The number of benzene rings is 2. The lowest BCUT2D eigenvalue weighted by Crippen LogP contribution is -2.13. The molecule has 1 aromatic heterocycles. The second-order valence-electron chi connectivity index (χ2n) is 4.48. The normalized spacial score (nSPS) is 10.8. The number of aromatic amines is 1. The van der Waals surface area contributed by atoms with E-state index in [-0.39, 0.29) is 16.9 Å². The minimum atomic E-state index is -0.497. The number of halogens is 2. The molecule has 0 aliphatic rings. The van der Waals surface area contributed by atoms with E-state index in [1.807, 2.05) is 0 Å². The van der Waals surface area contributed by atoms with Gasteiger partial charge in [0.2, 0.25) is 0 Å². The van der Waals surface area contributed by atoms with E-state index in [0.29, 0.717) is 16.4 Å². The van der Waals surface area contributed by atoms with Crippen molar-refractivity contribution >= 4 is 11.6 Å². The van der Waals surface area contributed by atoms with Gasteiger partial charge in [0.15, 0.2) is 0 Å². The van der Waals surface area contributed by atoms with Crippen molar-refractivity contribution in [3.63, 3.8) is 0 Å². The van der Waals surface area contributed by atoms with Gasteiger partial charge < -0.3 is 5.11 Å². The molecule has 0 atom stereocenters. The zero-order chi connectivity index (χ0) is 15.0. The maximum atomic E-state index is 13.3. The van der Waals surface area contributed by atoms with E-state index in [2.05, 4.69) is 5.10 Å². The van der Waals surface area contributed by atoms with Crippen LogP contribution < -0.4 is 5.56 Å². The monoisotopic (exact) mass is 304 g/mol. The lowest BCUT2D eigenvalue weighted by Gasteiger charge is -2.04. The van der Waals surface area contributed by atoms with Crippen LogP contribution in [-0.2, 0) is 0 Å². The van der Waals surface area contributed by atoms with Crippen molar-refractivity contribution in [3.8, 4) is 22.7 Å². The van der Waals surface area contributed by atoms with Crippen LogP contribution in [0, 0.1) is 5.82 Å². The van der Waals surface area contributed by atoms with Crippen LogP contribution in [0.1, 0.15) is 0 Å². The van der Waals surface area contributed by atoms with Gasteiger partial charge in [-0.15, -0.1) is 0 Å². The molecule has 0 radical (unpaired) electrons. The largest absolute Gasteiger partial charge is 0.507 e. The topological polar surface area (TPSA) is 58.0 Å². The fraction of sp³-hybridized carbons (Fsp3) is 0. The number of H-pyrrole nitrogens is 1. The van der Waals surface area contributed by atoms with Crippen LogP contribution in [0.2, 0.25) is 5.02 Å². The van der Waals surface area contributed by atoms with Crippen molar-refractivity contribution in [2.24, 2.45) is 0 Å². The molecule has 21 heavy (non-hydrogen) atoms. The number of nitrogens with one attached hydrogen (secondary N) is 1. The zero-order valence-corrected chi connectivity index (χ0v) is 11.4. The number of aromatic nitrogens is 2. The van der Waals surface area contributed by atoms with E-state index in [4.69, 9.17) is 11.6 Å². The predicted octanol–water partition coefficient (Wildman–Crippen LogP) is 3.33. The van der Waals surface area contributed by atoms with Crippen molar-refractivity contribution in [1.82, 2.24) is 9.78 Å². The first kappa shape index (κ1) is 13.5. The number of aromatic hydroxyl groups is 1. The summed E-state index contributed by atoms with van der Waals surface area (Å²) in [6, 6.07) is 11.5. The Hall–Kier alpha value is -2.53.